The number of hydrogen-bond donors (Lipinski definition) is 0. The molecule has 3 aromatic carbocycles. The van der Waals surface area contributed by atoms with Gasteiger partial charge in [0.05, 0.1) is 36.6 Å². The van der Waals surface area contributed by atoms with Gasteiger partial charge in [-0.2, -0.15) is 0 Å². The Hall–Kier alpha value is -2.80. The third kappa shape index (κ3) is 6.60. The van der Waals surface area contributed by atoms with Crippen LogP contribution in [0, 0.1) is 13.7 Å². The van der Waals surface area contributed by atoms with Gasteiger partial charge in [-0.15, -0.1) is 0 Å². The van der Waals surface area contributed by atoms with E-state index in [1.165, 1.54) is 18.2 Å². The number of hydrogen-bond acceptors (Lipinski definition) is 7. The molecule has 0 aliphatic carbocycles. The SMILES string of the molecule is CCOc1cc(/C=C2\SC(=O)N(Cc3cccc([N+](=O)[O-])c3)C2=O)cc(I)c1OCc1ccc(Cl)c(Cl)c1. The van der Waals surface area contributed by atoms with Crippen molar-refractivity contribution in [1.29, 1.82) is 0 Å². The minimum absolute atomic E-state index is 0.0626. The number of imide groups is 1. The fourth-order valence-corrected chi connectivity index (χ4v) is 5.54. The quantitative estimate of drug-likeness (QED) is 0.0985. The summed E-state index contributed by atoms with van der Waals surface area (Å²) in [6.45, 7) is 2.42. The molecule has 0 saturated carbocycles. The van der Waals surface area contributed by atoms with Crippen LogP contribution in [0.25, 0.3) is 6.08 Å². The second-order valence-corrected chi connectivity index (χ2v) is 11.0. The van der Waals surface area contributed by atoms with Crippen LogP contribution in [0.3, 0.4) is 0 Å². The first-order valence-electron chi connectivity index (χ1n) is 11.2. The molecule has 0 atom stereocenters. The van der Waals surface area contributed by atoms with Crippen molar-refractivity contribution in [3.05, 3.63) is 99.9 Å². The highest BCUT2D eigenvalue weighted by molar-refractivity contribution is 14.1. The zero-order valence-electron chi connectivity index (χ0n) is 19.8. The Morgan fingerprint density at radius 1 is 1.05 bits per heavy atom. The summed E-state index contributed by atoms with van der Waals surface area (Å²) in [6.07, 6.45) is 1.62. The molecule has 0 unspecified atom stereocenters. The average molecular weight is 685 g/mol. The number of nitrogens with zero attached hydrogens (tertiary/aromatic N) is 2. The summed E-state index contributed by atoms with van der Waals surface area (Å²) in [5.41, 5.74) is 1.86. The van der Waals surface area contributed by atoms with Crippen LogP contribution < -0.4 is 9.47 Å². The molecule has 1 aliphatic rings. The number of carbonyl (C=O) groups is 2. The molecule has 1 fully saturated rings. The number of amides is 2. The Morgan fingerprint density at radius 2 is 1.84 bits per heavy atom. The zero-order chi connectivity index (χ0) is 27.4. The minimum atomic E-state index is -0.521. The van der Waals surface area contributed by atoms with Crippen LogP contribution in [-0.4, -0.2) is 27.6 Å². The van der Waals surface area contributed by atoms with Gasteiger partial charge in [-0.05, 0) is 88.3 Å². The maximum Gasteiger partial charge on any atom is 0.293 e. The Kier molecular flexibility index (Phi) is 9.19. The minimum Gasteiger partial charge on any atom is -0.490 e. The van der Waals surface area contributed by atoms with Crippen molar-refractivity contribution in [2.24, 2.45) is 0 Å². The Labute approximate surface area is 246 Å². The lowest BCUT2D eigenvalue weighted by Crippen LogP contribution is -2.27. The molecule has 12 heteroatoms. The van der Waals surface area contributed by atoms with Crippen LogP contribution in [0.2, 0.25) is 10.0 Å². The molecule has 0 N–H and O–H groups in total. The third-order valence-corrected chi connectivity index (χ3v) is 7.78. The number of halogens is 3. The van der Waals surface area contributed by atoms with Crippen LogP contribution >= 0.6 is 57.6 Å². The molecule has 1 saturated heterocycles. The molecule has 4 rings (SSSR count). The van der Waals surface area contributed by atoms with Crippen LogP contribution in [0.5, 0.6) is 11.5 Å². The van der Waals surface area contributed by atoms with E-state index in [2.05, 4.69) is 22.6 Å². The number of benzene rings is 3. The van der Waals surface area contributed by atoms with Crippen LogP contribution in [-0.2, 0) is 17.9 Å². The lowest BCUT2D eigenvalue weighted by atomic mass is 10.1. The Balaban J connectivity index is 1.55. The van der Waals surface area contributed by atoms with Crippen molar-refractivity contribution in [3.63, 3.8) is 0 Å². The molecule has 0 aromatic heterocycles. The second kappa shape index (κ2) is 12.4. The summed E-state index contributed by atoms with van der Waals surface area (Å²) in [4.78, 5) is 37.5. The number of thioether (sulfide) groups is 1. The summed E-state index contributed by atoms with van der Waals surface area (Å²) < 4.78 is 12.6. The van der Waals surface area contributed by atoms with Gasteiger partial charge < -0.3 is 9.47 Å². The van der Waals surface area contributed by atoms with Gasteiger partial charge in [0, 0.05) is 12.1 Å². The molecule has 2 amide bonds. The number of carbonyl (C=O) groups excluding carboxylic acids is 2. The molecular formula is C26H19Cl2IN2O6S. The number of rotatable bonds is 9. The first-order chi connectivity index (χ1) is 18.2. The first kappa shape index (κ1) is 28.2. The summed E-state index contributed by atoms with van der Waals surface area (Å²) in [5, 5.41) is 11.5. The van der Waals surface area contributed by atoms with Crippen molar-refractivity contribution < 1.29 is 24.0 Å². The van der Waals surface area contributed by atoms with Gasteiger partial charge in [0.15, 0.2) is 11.5 Å². The van der Waals surface area contributed by atoms with Gasteiger partial charge in [-0.25, -0.2) is 0 Å². The maximum absolute atomic E-state index is 13.0. The van der Waals surface area contributed by atoms with Crippen molar-refractivity contribution in [2.75, 3.05) is 6.61 Å². The van der Waals surface area contributed by atoms with Crippen LogP contribution in [0.1, 0.15) is 23.6 Å². The number of non-ortho nitro benzene ring substituents is 1. The Morgan fingerprint density at radius 3 is 2.55 bits per heavy atom. The summed E-state index contributed by atoms with van der Waals surface area (Å²) in [5.74, 6) is 0.551. The van der Waals surface area contributed by atoms with Gasteiger partial charge in [0.2, 0.25) is 0 Å². The molecule has 196 valence electrons. The smallest absolute Gasteiger partial charge is 0.293 e. The van der Waals surface area contributed by atoms with Crippen LogP contribution in [0.4, 0.5) is 10.5 Å². The van der Waals surface area contributed by atoms with Crippen LogP contribution in [0.15, 0.2) is 59.5 Å². The van der Waals surface area contributed by atoms with E-state index in [1.54, 1.807) is 30.3 Å². The molecule has 0 bridgehead atoms. The summed E-state index contributed by atoms with van der Waals surface area (Å²) in [6, 6.07) is 14.7. The monoisotopic (exact) mass is 684 g/mol. The summed E-state index contributed by atoms with van der Waals surface area (Å²) in [7, 11) is 0. The van der Waals surface area contributed by atoms with Gasteiger partial charge >= 0.3 is 0 Å². The van der Waals surface area contributed by atoms with E-state index in [0.717, 1.165) is 25.8 Å². The van der Waals surface area contributed by atoms with E-state index >= 15 is 0 Å². The van der Waals surface area contributed by atoms with E-state index < -0.39 is 16.1 Å². The van der Waals surface area contributed by atoms with Gasteiger partial charge in [-0.1, -0.05) is 41.4 Å². The molecule has 3 aromatic rings. The standard InChI is InChI=1S/C26H19Cl2IN2O6S/c1-2-36-22-11-17(10-21(29)24(22)37-14-16-6-7-19(27)20(28)9-16)12-23-25(32)30(26(33)38-23)13-15-4-3-5-18(8-15)31(34)35/h3-12H,2,13-14H2,1H3/b23-12-. The molecular weight excluding hydrogens is 666 g/mol. The second-order valence-electron chi connectivity index (χ2n) is 8.00. The largest absolute Gasteiger partial charge is 0.490 e. The van der Waals surface area contributed by atoms with E-state index in [0.29, 0.717) is 39.3 Å². The van der Waals surface area contributed by atoms with Crippen molar-refractivity contribution >= 4 is 80.5 Å². The van der Waals surface area contributed by atoms with Crippen molar-refractivity contribution in [1.82, 2.24) is 4.90 Å². The van der Waals surface area contributed by atoms with Gasteiger partial charge in [0.25, 0.3) is 16.8 Å². The fraction of sp³-hybridized carbons (Fsp3) is 0.154. The highest BCUT2D eigenvalue weighted by Gasteiger charge is 2.35. The first-order valence-corrected chi connectivity index (χ1v) is 13.8. The average Bonchev–Trinajstić information content (AvgIpc) is 3.13. The summed E-state index contributed by atoms with van der Waals surface area (Å²) >= 11 is 15.0. The predicted octanol–water partition coefficient (Wildman–Crippen LogP) is 7.72. The maximum atomic E-state index is 13.0. The normalized spacial score (nSPS) is 14.3. The predicted molar refractivity (Wildman–Crippen MR) is 156 cm³/mol. The van der Waals surface area contributed by atoms with E-state index in [4.69, 9.17) is 32.7 Å². The third-order valence-electron chi connectivity index (χ3n) is 5.33. The Bertz CT molecular complexity index is 1470. The van der Waals surface area contributed by atoms with E-state index in [-0.39, 0.29) is 23.7 Å². The lowest BCUT2D eigenvalue weighted by molar-refractivity contribution is -0.384. The zero-order valence-corrected chi connectivity index (χ0v) is 24.3. The van der Waals surface area contributed by atoms with Gasteiger partial charge in [0.1, 0.15) is 6.61 Å². The number of ether oxygens (including phenoxy) is 2. The van der Waals surface area contributed by atoms with Gasteiger partial charge in [-0.3, -0.25) is 24.6 Å². The molecule has 8 nitrogen and oxygen atoms in total. The fourth-order valence-electron chi connectivity index (χ4n) is 3.60. The number of nitro groups is 1. The highest BCUT2D eigenvalue weighted by Crippen LogP contribution is 2.38. The molecule has 0 spiro atoms. The van der Waals surface area contributed by atoms with Crippen molar-refractivity contribution in [2.45, 2.75) is 20.1 Å². The highest BCUT2D eigenvalue weighted by atomic mass is 127. The molecule has 1 heterocycles. The number of nitro benzene ring substituents is 1. The van der Waals surface area contributed by atoms with E-state index in [9.17, 15) is 19.7 Å². The molecule has 0 radical (unpaired) electrons. The van der Waals surface area contributed by atoms with E-state index in [1.807, 2.05) is 19.1 Å². The molecule has 38 heavy (non-hydrogen) atoms. The molecule has 1 aliphatic heterocycles. The lowest BCUT2D eigenvalue weighted by Gasteiger charge is -2.15. The topological polar surface area (TPSA) is 99.0 Å². The van der Waals surface area contributed by atoms with Crippen molar-refractivity contribution in [3.8, 4) is 11.5 Å².